The number of likely N-dealkylation sites (N-methyl/N-ethyl adjacent to an activating group) is 1. The van der Waals surface area contributed by atoms with Gasteiger partial charge in [-0.25, -0.2) is 0 Å². The molecule has 1 amide bonds. The quantitative estimate of drug-likeness (QED) is 0.885. The van der Waals surface area contributed by atoms with Crippen LogP contribution in [0.25, 0.3) is 0 Å². The van der Waals surface area contributed by atoms with Gasteiger partial charge in [-0.3, -0.25) is 9.48 Å². The van der Waals surface area contributed by atoms with Crippen LogP contribution in [0.3, 0.4) is 0 Å². The normalized spacial score (nSPS) is 10.4. The van der Waals surface area contributed by atoms with Crippen LogP contribution in [-0.2, 0) is 24.3 Å². The predicted octanol–water partition coefficient (Wildman–Crippen LogP) is 2.15. The monoisotopic (exact) mass is 286 g/mol. The van der Waals surface area contributed by atoms with E-state index < -0.39 is 0 Å². The van der Waals surface area contributed by atoms with Crippen molar-refractivity contribution in [3.63, 3.8) is 0 Å². The van der Waals surface area contributed by atoms with Crippen LogP contribution in [0.5, 0.6) is 0 Å². The highest BCUT2D eigenvalue weighted by Crippen LogP contribution is 2.12. The van der Waals surface area contributed by atoms with Crippen molar-refractivity contribution in [3.8, 4) is 0 Å². The van der Waals surface area contributed by atoms with Gasteiger partial charge in [-0.15, -0.1) is 0 Å². The van der Waals surface area contributed by atoms with Crippen LogP contribution >= 0.6 is 0 Å². The fraction of sp³-hybridized carbons (Fsp3) is 0.375. The fourth-order valence-electron chi connectivity index (χ4n) is 2.06. The van der Waals surface area contributed by atoms with E-state index in [-0.39, 0.29) is 5.91 Å². The topological polar surface area (TPSA) is 50.2 Å². The molecule has 21 heavy (non-hydrogen) atoms. The SMILES string of the molecule is CCn1nccc1CNc1ccc(CC(=O)N(C)C)cc1. The molecule has 5 nitrogen and oxygen atoms in total. The molecule has 0 fully saturated rings. The first-order chi connectivity index (χ1) is 10.1. The van der Waals surface area contributed by atoms with Gasteiger partial charge in [0.05, 0.1) is 18.7 Å². The molecule has 1 heterocycles. The zero-order valence-electron chi connectivity index (χ0n) is 12.8. The van der Waals surface area contributed by atoms with E-state index in [0.717, 1.165) is 30.0 Å². The Morgan fingerprint density at radius 3 is 2.57 bits per heavy atom. The van der Waals surface area contributed by atoms with Gasteiger partial charge in [0.1, 0.15) is 0 Å². The molecule has 0 spiro atoms. The van der Waals surface area contributed by atoms with Crippen molar-refractivity contribution in [1.82, 2.24) is 14.7 Å². The van der Waals surface area contributed by atoms with Gasteiger partial charge in [-0.05, 0) is 30.7 Å². The lowest BCUT2D eigenvalue weighted by Crippen LogP contribution is -2.23. The van der Waals surface area contributed by atoms with Gasteiger partial charge in [0, 0.05) is 32.5 Å². The van der Waals surface area contributed by atoms with Crippen molar-refractivity contribution in [2.75, 3.05) is 19.4 Å². The van der Waals surface area contributed by atoms with Crippen LogP contribution in [-0.4, -0.2) is 34.7 Å². The standard InChI is InChI=1S/C16H22N4O/c1-4-20-15(9-10-18-20)12-17-14-7-5-13(6-8-14)11-16(21)19(2)3/h5-10,17H,4,11-12H2,1-3H3. The number of amides is 1. The number of rotatable bonds is 6. The van der Waals surface area contributed by atoms with Crippen LogP contribution < -0.4 is 5.32 Å². The number of benzene rings is 1. The van der Waals surface area contributed by atoms with Crippen LogP contribution in [0.2, 0.25) is 0 Å². The number of hydrogen-bond acceptors (Lipinski definition) is 3. The molecule has 2 rings (SSSR count). The van der Waals surface area contributed by atoms with E-state index in [2.05, 4.69) is 17.3 Å². The number of nitrogens with zero attached hydrogens (tertiary/aromatic N) is 3. The second kappa shape index (κ2) is 6.92. The lowest BCUT2D eigenvalue weighted by molar-refractivity contribution is -0.127. The molecule has 0 saturated carbocycles. The highest BCUT2D eigenvalue weighted by molar-refractivity contribution is 5.78. The Kier molecular flexibility index (Phi) is 4.98. The van der Waals surface area contributed by atoms with Gasteiger partial charge >= 0.3 is 0 Å². The average molecular weight is 286 g/mol. The van der Waals surface area contributed by atoms with Gasteiger partial charge in [-0.2, -0.15) is 5.10 Å². The summed E-state index contributed by atoms with van der Waals surface area (Å²) in [5, 5.41) is 7.61. The van der Waals surface area contributed by atoms with Crippen LogP contribution in [0, 0.1) is 0 Å². The lowest BCUT2D eigenvalue weighted by atomic mass is 10.1. The highest BCUT2D eigenvalue weighted by Gasteiger charge is 2.05. The summed E-state index contributed by atoms with van der Waals surface area (Å²) in [6.07, 6.45) is 2.26. The minimum atomic E-state index is 0.113. The number of aryl methyl sites for hydroxylation is 1. The third kappa shape index (κ3) is 4.08. The molecule has 112 valence electrons. The van der Waals surface area contributed by atoms with Crippen molar-refractivity contribution in [1.29, 1.82) is 0 Å². The summed E-state index contributed by atoms with van der Waals surface area (Å²) >= 11 is 0. The van der Waals surface area contributed by atoms with E-state index in [4.69, 9.17) is 0 Å². The first-order valence-corrected chi connectivity index (χ1v) is 7.13. The van der Waals surface area contributed by atoms with Crippen LogP contribution in [0.4, 0.5) is 5.69 Å². The second-order valence-corrected chi connectivity index (χ2v) is 5.15. The summed E-state index contributed by atoms with van der Waals surface area (Å²) in [5.41, 5.74) is 3.22. The highest BCUT2D eigenvalue weighted by atomic mass is 16.2. The Morgan fingerprint density at radius 2 is 1.95 bits per heavy atom. The van der Waals surface area contributed by atoms with Crippen molar-refractivity contribution in [2.24, 2.45) is 0 Å². The van der Waals surface area contributed by atoms with Gasteiger partial charge < -0.3 is 10.2 Å². The summed E-state index contributed by atoms with van der Waals surface area (Å²) in [7, 11) is 3.55. The first kappa shape index (κ1) is 15.1. The molecule has 0 saturated heterocycles. The largest absolute Gasteiger partial charge is 0.379 e. The van der Waals surface area contributed by atoms with Crippen molar-refractivity contribution in [3.05, 3.63) is 47.8 Å². The van der Waals surface area contributed by atoms with Crippen molar-refractivity contribution < 1.29 is 4.79 Å². The maximum Gasteiger partial charge on any atom is 0.226 e. The number of hydrogen-bond donors (Lipinski definition) is 1. The summed E-state index contributed by atoms with van der Waals surface area (Å²) in [6.45, 7) is 3.69. The minimum Gasteiger partial charge on any atom is -0.379 e. The molecule has 1 N–H and O–H groups in total. The summed E-state index contributed by atoms with van der Waals surface area (Å²) < 4.78 is 1.97. The van der Waals surface area contributed by atoms with E-state index in [1.807, 2.05) is 41.2 Å². The molecule has 0 unspecified atom stereocenters. The number of carbonyl (C=O) groups excluding carboxylic acids is 1. The third-order valence-corrected chi connectivity index (χ3v) is 3.39. The predicted molar refractivity (Wildman–Crippen MR) is 84.1 cm³/mol. The molecule has 1 aromatic heterocycles. The average Bonchev–Trinajstić information content (AvgIpc) is 2.94. The molecule has 0 aliphatic carbocycles. The van der Waals surface area contributed by atoms with E-state index in [0.29, 0.717) is 6.42 Å². The number of nitrogens with one attached hydrogen (secondary N) is 1. The Morgan fingerprint density at radius 1 is 1.24 bits per heavy atom. The van der Waals surface area contributed by atoms with Gasteiger partial charge in [-0.1, -0.05) is 12.1 Å². The smallest absolute Gasteiger partial charge is 0.226 e. The number of carbonyl (C=O) groups is 1. The van der Waals surface area contributed by atoms with Crippen molar-refractivity contribution >= 4 is 11.6 Å². The summed E-state index contributed by atoms with van der Waals surface area (Å²) in [4.78, 5) is 13.3. The number of aromatic nitrogens is 2. The minimum absolute atomic E-state index is 0.113. The van der Waals surface area contributed by atoms with Gasteiger partial charge in [0.2, 0.25) is 5.91 Å². The molecular weight excluding hydrogens is 264 g/mol. The van der Waals surface area contributed by atoms with E-state index in [1.165, 1.54) is 0 Å². The second-order valence-electron chi connectivity index (χ2n) is 5.15. The molecule has 1 aromatic carbocycles. The Hall–Kier alpha value is -2.30. The maximum atomic E-state index is 11.6. The molecule has 0 radical (unpaired) electrons. The molecule has 0 atom stereocenters. The molecule has 5 heteroatoms. The zero-order valence-corrected chi connectivity index (χ0v) is 12.8. The zero-order chi connectivity index (χ0) is 15.2. The third-order valence-electron chi connectivity index (χ3n) is 3.39. The Labute approximate surface area is 125 Å². The lowest BCUT2D eigenvalue weighted by Gasteiger charge is -2.11. The molecule has 0 aliphatic heterocycles. The first-order valence-electron chi connectivity index (χ1n) is 7.13. The summed E-state index contributed by atoms with van der Waals surface area (Å²) in [6, 6.07) is 10.00. The Bertz CT molecular complexity index is 587. The van der Waals surface area contributed by atoms with E-state index in [1.54, 1.807) is 19.0 Å². The van der Waals surface area contributed by atoms with Crippen molar-refractivity contribution in [2.45, 2.75) is 26.4 Å². The van der Waals surface area contributed by atoms with E-state index >= 15 is 0 Å². The van der Waals surface area contributed by atoms with Gasteiger partial charge in [0.15, 0.2) is 0 Å². The molecule has 0 aliphatic rings. The number of anilines is 1. The Balaban J connectivity index is 1.92. The van der Waals surface area contributed by atoms with Gasteiger partial charge in [0.25, 0.3) is 0 Å². The van der Waals surface area contributed by atoms with Crippen LogP contribution in [0.15, 0.2) is 36.5 Å². The van der Waals surface area contributed by atoms with Crippen LogP contribution in [0.1, 0.15) is 18.2 Å². The molecule has 2 aromatic rings. The molecular formula is C16H22N4O. The summed E-state index contributed by atoms with van der Waals surface area (Å²) in [5.74, 6) is 0.113. The molecule has 0 bridgehead atoms. The fourth-order valence-corrected chi connectivity index (χ4v) is 2.06. The van der Waals surface area contributed by atoms with E-state index in [9.17, 15) is 4.79 Å². The maximum absolute atomic E-state index is 11.6.